The Balaban J connectivity index is 1.42. The van der Waals surface area contributed by atoms with Crippen LogP contribution in [0.1, 0.15) is 12.8 Å². The van der Waals surface area contributed by atoms with Gasteiger partial charge in [0, 0.05) is 31.9 Å². The van der Waals surface area contributed by atoms with Gasteiger partial charge in [-0.15, -0.1) is 5.10 Å². The molecule has 1 saturated heterocycles. The fourth-order valence-electron chi connectivity index (χ4n) is 3.59. The van der Waals surface area contributed by atoms with Crippen LogP contribution in [-0.2, 0) is 7.05 Å². The van der Waals surface area contributed by atoms with E-state index >= 15 is 0 Å². The minimum atomic E-state index is 0.444. The number of hydrogen-bond donors (Lipinski definition) is 1. The summed E-state index contributed by atoms with van der Waals surface area (Å²) < 4.78 is 7.08. The summed E-state index contributed by atoms with van der Waals surface area (Å²) in [5.74, 6) is 1.74. The normalized spacial score (nSPS) is 15.0. The molecule has 0 amide bonds. The number of aryl methyl sites for hydroxylation is 1. The zero-order valence-electron chi connectivity index (χ0n) is 15.8. The first-order chi connectivity index (χ1) is 13.2. The molecule has 2 heterocycles. The molecule has 3 aromatic rings. The number of anilines is 2. The lowest BCUT2D eigenvalue weighted by Crippen LogP contribution is -2.39. The molecular weight excluding hydrogens is 338 g/mol. The van der Waals surface area contributed by atoms with E-state index in [1.807, 2.05) is 25.4 Å². The second kappa shape index (κ2) is 7.70. The Morgan fingerprint density at radius 2 is 1.78 bits per heavy atom. The molecule has 27 heavy (non-hydrogen) atoms. The maximum Gasteiger partial charge on any atom is 0.168 e. The quantitative estimate of drug-likeness (QED) is 0.751. The van der Waals surface area contributed by atoms with Crippen LogP contribution >= 0.6 is 0 Å². The van der Waals surface area contributed by atoms with Gasteiger partial charge in [-0.2, -0.15) is 0 Å². The molecule has 6 heteroatoms. The van der Waals surface area contributed by atoms with Crippen LogP contribution in [0.5, 0.6) is 5.75 Å². The summed E-state index contributed by atoms with van der Waals surface area (Å²) >= 11 is 0. The zero-order valence-corrected chi connectivity index (χ0v) is 15.8. The lowest BCUT2D eigenvalue weighted by molar-refractivity contribution is 0.415. The summed E-state index contributed by atoms with van der Waals surface area (Å²) in [6.07, 6.45) is 4.09. The van der Waals surface area contributed by atoms with Gasteiger partial charge in [-0.3, -0.25) is 4.68 Å². The highest BCUT2D eigenvalue weighted by Gasteiger charge is 2.20. The van der Waals surface area contributed by atoms with E-state index in [0.717, 1.165) is 37.5 Å². The van der Waals surface area contributed by atoms with Crippen molar-refractivity contribution in [2.45, 2.75) is 18.9 Å². The molecule has 1 N–H and O–H groups in total. The van der Waals surface area contributed by atoms with Gasteiger partial charge < -0.3 is 15.0 Å². The van der Waals surface area contributed by atoms with E-state index in [9.17, 15) is 0 Å². The molecule has 0 atom stereocenters. The number of methoxy groups -OCH3 is 1. The fourth-order valence-corrected chi connectivity index (χ4v) is 3.59. The summed E-state index contributed by atoms with van der Waals surface area (Å²) in [4.78, 5) is 2.46. The van der Waals surface area contributed by atoms with Gasteiger partial charge in [-0.05, 0) is 48.2 Å². The standard InChI is InChI=1S/C21H25N5O/c1-25-15-21(23-24-25)22-18-9-11-26(12-10-18)19-7-3-5-16(13-19)17-6-4-8-20(14-17)27-2/h3-8,13-15,18,22H,9-12H2,1-2H3. The molecule has 0 unspecified atom stereocenters. The number of nitrogens with zero attached hydrogens (tertiary/aromatic N) is 4. The fraction of sp³-hybridized carbons (Fsp3) is 0.333. The Hall–Kier alpha value is -3.02. The van der Waals surface area contributed by atoms with Crippen LogP contribution in [0.25, 0.3) is 11.1 Å². The molecule has 0 spiro atoms. The molecule has 140 valence electrons. The van der Waals surface area contributed by atoms with Crippen molar-refractivity contribution < 1.29 is 4.74 Å². The second-order valence-electron chi connectivity index (χ2n) is 6.97. The summed E-state index contributed by atoms with van der Waals surface area (Å²) in [5.41, 5.74) is 3.66. The van der Waals surface area contributed by atoms with E-state index in [4.69, 9.17) is 4.74 Å². The third-order valence-corrected chi connectivity index (χ3v) is 5.06. The molecule has 4 rings (SSSR count). The Morgan fingerprint density at radius 3 is 2.48 bits per heavy atom. The predicted molar refractivity (Wildman–Crippen MR) is 108 cm³/mol. The number of hydrogen-bond acceptors (Lipinski definition) is 5. The van der Waals surface area contributed by atoms with Crippen LogP contribution < -0.4 is 15.0 Å². The smallest absolute Gasteiger partial charge is 0.168 e. The van der Waals surface area contributed by atoms with Crippen LogP contribution in [0, 0.1) is 0 Å². The number of benzene rings is 2. The van der Waals surface area contributed by atoms with Gasteiger partial charge in [0.1, 0.15) is 5.75 Å². The third kappa shape index (κ3) is 4.05. The molecule has 0 aliphatic carbocycles. The van der Waals surface area contributed by atoms with Crippen molar-refractivity contribution in [3.8, 4) is 16.9 Å². The molecule has 0 bridgehead atoms. The molecule has 1 aliphatic heterocycles. The average molecular weight is 363 g/mol. The molecule has 1 aromatic heterocycles. The average Bonchev–Trinajstić information content (AvgIpc) is 3.13. The monoisotopic (exact) mass is 363 g/mol. The first kappa shape index (κ1) is 17.4. The lowest BCUT2D eigenvalue weighted by Gasteiger charge is -2.34. The Kier molecular flexibility index (Phi) is 4.96. The van der Waals surface area contributed by atoms with Crippen LogP contribution in [0.3, 0.4) is 0 Å². The van der Waals surface area contributed by atoms with Crippen molar-refractivity contribution in [1.29, 1.82) is 0 Å². The van der Waals surface area contributed by atoms with Crippen LogP contribution in [0.2, 0.25) is 0 Å². The summed E-state index contributed by atoms with van der Waals surface area (Å²) in [6, 6.07) is 17.4. The van der Waals surface area contributed by atoms with Gasteiger partial charge in [0.15, 0.2) is 5.82 Å². The van der Waals surface area contributed by atoms with Gasteiger partial charge >= 0.3 is 0 Å². The number of piperidine rings is 1. The molecule has 1 aliphatic rings. The van der Waals surface area contributed by atoms with E-state index in [-0.39, 0.29) is 0 Å². The number of nitrogens with one attached hydrogen (secondary N) is 1. The Bertz CT molecular complexity index is 899. The van der Waals surface area contributed by atoms with E-state index in [0.29, 0.717) is 6.04 Å². The van der Waals surface area contributed by atoms with Gasteiger partial charge in [0.05, 0.1) is 13.3 Å². The van der Waals surface area contributed by atoms with Crippen LogP contribution in [0.15, 0.2) is 54.7 Å². The van der Waals surface area contributed by atoms with Crippen molar-refractivity contribution >= 4 is 11.5 Å². The first-order valence-corrected chi connectivity index (χ1v) is 9.33. The van der Waals surface area contributed by atoms with E-state index in [1.165, 1.54) is 16.8 Å². The number of ether oxygens (including phenoxy) is 1. The minimum absolute atomic E-state index is 0.444. The lowest BCUT2D eigenvalue weighted by atomic mass is 10.0. The first-order valence-electron chi connectivity index (χ1n) is 9.33. The van der Waals surface area contributed by atoms with Crippen molar-refractivity contribution in [3.63, 3.8) is 0 Å². The van der Waals surface area contributed by atoms with Crippen molar-refractivity contribution in [2.75, 3.05) is 30.4 Å². The van der Waals surface area contributed by atoms with Crippen LogP contribution in [-0.4, -0.2) is 41.2 Å². The molecule has 6 nitrogen and oxygen atoms in total. The van der Waals surface area contributed by atoms with Crippen molar-refractivity contribution in [3.05, 3.63) is 54.7 Å². The van der Waals surface area contributed by atoms with E-state index < -0.39 is 0 Å². The Labute approximate surface area is 159 Å². The predicted octanol–water partition coefficient (Wildman–Crippen LogP) is 3.57. The second-order valence-corrected chi connectivity index (χ2v) is 6.97. The summed E-state index contributed by atoms with van der Waals surface area (Å²) in [5, 5.41) is 11.6. The highest BCUT2D eigenvalue weighted by Crippen LogP contribution is 2.29. The third-order valence-electron chi connectivity index (χ3n) is 5.06. The maximum absolute atomic E-state index is 5.36. The maximum atomic E-state index is 5.36. The van der Waals surface area contributed by atoms with Gasteiger partial charge in [0.25, 0.3) is 0 Å². The van der Waals surface area contributed by atoms with Gasteiger partial charge in [-0.25, -0.2) is 0 Å². The number of rotatable bonds is 5. The van der Waals surface area contributed by atoms with Gasteiger partial charge in [-0.1, -0.05) is 29.5 Å². The van der Waals surface area contributed by atoms with Crippen LogP contribution in [0.4, 0.5) is 11.5 Å². The SMILES string of the molecule is COc1cccc(-c2cccc(N3CCC(Nc4cn(C)nn4)CC3)c2)c1. The molecular formula is C21H25N5O. The van der Waals surface area contributed by atoms with Crippen molar-refractivity contribution in [2.24, 2.45) is 7.05 Å². The minimum Gasteiger partial charge on any atom is -0.497 e. The molecule has 1 fully saturated rings. The number of aromatic nitrogens is 3. The van der Waals surface area contributed by atoms with Crippen molar-refractivity contribution in [1.82, 2.24) is 15.0 Å². The molecule has 2 aromatic carbocycles. The highest BCUT2D eigenvalue weighted by molar-refractivity contribution is 5.69. The summed E-state index contributed by atoms with van der Waals surface area (Å²) in [6.45, 7) is 2.05. The van der Waals surface area contributed by atoms with E-state index in [1.54, 1.807) is 11.8 Å². The molecule has 0 saturated carbocycles. The van der Waals surface area contributed by atoms with Gasteiger partial charge in [0.2, 0.25) is 0 Å². The highest BCUT2D eigenvalue weighted by atomic mass is 16.5. The summed E-state index contributed by atoms with van der Waals surface area (Å²) in [7, 11) is 3.59. The van der Waals surface area contributed by atoms with E-state index in [2.05, 4.69) is 56.9 Å². The Morgan fingerprint density at radius 1 is 1.04 bits per heavy atom. The zero-order chi connectivity index (χ0) is 18.6. The topological polar surface area (TPSA) is 55.2 Å². The molecule has 0 radical (unpaired) electrons. The largest absolute Gasteiger partial charge is 0.497 e.